The average molecular weight is 550 g/mol. The molecule has 0 aliphatic carbocycles. The van der Waals surface area contributed by atoms with E-state index < -0.39 is 0 Å². The molecule has 2 aromatic rings. The second kappa shape index (κ2) is 12.2. The third-order valence-electron chi connectivity index (χ3n) is 8.99. The van der Waals surface area contributed by atoms with Crippen LogP contribution in [0.15, 0.2) is 54.6 Å². The van der Waals surface area contributed by atoms with E-state index in [1.54, 1.807) is 7.11 Å². The van der Waals surface area contributed by atoms with Crippen LogP contribution in [0.25, 0.3) is 0 Å². The molecule has 3 aliphatic rings. The van der Waals surface area contributed by atoms with Crippen molar-refractivity contribution in [3.63, 3.8) is 0 Å². The highest BCUT2D eigenvalue weighted by atomic mass is 32.1. The Bertz CT molecular complexity index is 1110. The Balaban J connectivity index is 1.24. The van der Waals surface area contributed by atoms with Gasteiger partial charge >= 0.3 is 0 Å². The van der Waals surface area contributed by atoms with Crippen LogP contribution in [0.1, 0.15) is 51.5 Å². The van der Waals surface area contributed by atoms with E-state index in [2.05, 4.69) is 69.5 Å². The molecule has 0 aromatic heterocycles. The van der Waals surface area contributed by atoms with Gasteiger partial charge in [0.15, 0.2) is 5.11 Å². The number of amides is 1. The molecule has 1 spiro atoms. The molecule has 2 atom stereocenters. The summed E-state index contributed by atoms with van der Waals surface area (Å²) < 4.78 is 5.27. The van der Waals surface area contributed by atoms with E-state index in [4.69, 9.17) is 17.0 Å². The second-order valence-electron chi connectivity index (χ2n) is 11.4. The number of hydrogen-bond acceptors (Lipinski definition) is 5. The van der Waals surface area contributed by atoms with E-state index in [-0.39, 0.29) is 17.7 Å². The van der Waals surface area contributed by atoms with Crippen LogP contribution in [0.5, 0.6) is 5.75 Å². The van der Waals surface area contributed by atoms with Gasteiger partial charge in [-0.25, -0.2) is 0 Å². The number of piperidine rings is 2. The number of benzene rings is 2. The molecule has 8 heteroatoms. The highest BCUT2D eigenvalue weighted by Crippen LogP contribution is 2.39. The quantitative estimate of drug-likeness (QED) is 0.486. The first kappa shape index (κ1) is 27.9. The van der Waals surface area contributed by atoms with Crippen LogP contribution in [-0.2, 0) is 11.3 Å². The largest absolute Gasteiger partial charge is 0.497 e. The van der Waals surface area contributed by atoms with Crippen LogP contribution in [0.4, 0.5) is 5.69 Å². The van der Waals surface area contributed by atoms with Crippen molar-refractivity contribution in [2.45, 2.75) is 70.2 Å². The number of carbonyl (C=O) groups excluding carboxylic acids is 1. The third-order valence-corrected chi connectivity index (χ3v) is 9.35. The van der Waals surface area contributed by atoms with Crippen molar-refractivity contribution >= 4 is 28.9 Å². The third kappa shape index (κ3) is 6.08. The highest BCUT2D eigenvalue weighted by molar-refractivity contribution is 7.80. The summed E-state index contributed by atoms with van der Waals surface area (Å²) >= 11 is 5.79. The van der Waals surface area contributed by atoms with Gasteiger partial charge in [0, 0.05) is 57.3 Å². The smallest absolute Gasteiger partial charge is 0.241 e. The van der Waals surface area contributed by atoms with Gasteiger partial charge < -0.3 is 19.9 Å². The summed E-state index contributed by atoms with van der Waals surface area (Å²) in [7, 11) is 1.67. The highest BCUT2D eigenvalue weighted by Gasteiger charge is 2.55. The number of nitrogens with zero attached hydrogens (tertiary/aromatic N) is 3. The van der Waals surface area contributed by atoms with Gasteiger partial charge in [-0.3, -0.25) is 15.0 Å². The van der Waals surface area contributed by atoms with E-state index in [0.717, 1.165) is 81.4 Å². The van der Waals surface area contributed by atoms with Gasteiger partial charge in [0.25, 0.3) is 0 Å². The van der Waals surface area contributed by atoms with E-state index in [9.17, 15) is 4.79 Å². The maximum absolute atomic E-state index is 13.9. The van der Waals surface area contributed by atoms with Crippen molar-refractivity contribution in [1.29, 1.82) is 0 Å². The van der Waals surface area contributed by atoms with Gasteiger partial charge in [0.1, 0.15) is 5.75 Å². The molecule has 2 aromatic carbocycles. The molecule has 7 nitrogen and oxygen atoms in total. The fourth-order valence-electron chi connectivity index (χ4n) is 6.45. The fourth-order valence-corrected chi connectivity index (χ4v) is 6.75. The minimum absolute atomic E-state index is 0.103. The first-order valence-corrected chi connectivity index (χ1v) is 14.9. The predicted octanol–water partition coefficient (Wildman–Crippen LogP) is 4.70. The summed E-state index contributed by atoms with van der Waals surface area (Å²) in [6, 6.07) is 18.7. The van der Waals surface area contributed by atoms with Crippen molar-refractivity contribution < 1.29 is 9.53 Å². The molecule has 210 valence electrons. The number of ether oxygens (including phenoxy) is 1. The van der Waals surface area contributed by atoms with Gasteiger partial charge in [0.2, 0.25) is 5.91 Å². The van der Waals surface area contributed by atoms with Crippen molar-refractivity contribution in [2.75, 3.05) is 38.6 Å². The van der Waals surface area contributed by atoms with E-state index >= 15 is 0 Å². The van der Waals surface area contributed by atoms with Gasteiger partial charge in [0.05, 0.1) is 18.8 Å². The zero-order chi connectivity index (χ0) is 27.4. The normalized spacial score (nSPS) is 22.7. The van der Waals surface area contributed by atoms with Crippen molar-refractivity contribution in [3.05, 3.63) is 60.2 Å². The first-order chi connectivity index (χ1) is 18.9. The lowest BCUT2D eigenvalue weighted by Crippen LogP contribution is -2.63. The molecule has 3 aliphatic heterocycles. The Morgan fingerprint density at radius 2 is 1.74 bits per heavy atom. The molecule has 3 fully saturated rings. The Morgan fingerprint density at radius 1 is 1.08 bits per heavy atom. The lowest BCUT2D eigenvalue weighted by atomic mass is 9.92. The number of rotatable bonds is 7. The fraction of sp³-hybridized carbons (Fsp3) is 0.548. The molecule has 2 N–H and O–H groups in total. The Kier molecular flexibility index (Phi) is 8.74. The summed E-state index contributed by atoms with van der Waals surface area (Å²) in [6.07, 6.45) is 4.79. The molecular weight excluding hydrogens is 506 g/mol. The van der Waals surface area contributed by atoms with E-state index in [0.29, 0.717) is 11.8 Å². The van der Waals surface area contributed by atoms with Crippen molar-refractivity contribution in [3.8, 4) is 5.75 Å². The SMILES string of the molecule is CCC(C)C1NC2(CCN(C(=S)Nc3ccc(OC)cc3)CC2)N(C2CCN(Cc3ccccc3)CC2)C1=O. The molecule has 39 heavy (non-hydrogen) atoms. The molecule has 0 radical (unpaired) electrons. The summed E-state index contributed by atoms with van der Waals surface area (Å²) in [4.78, 5) is 21.0. The van der Waals surface area contributed by atoms with Gasteiger partial charge in [-0.2, -0.15) is 0 Å². The van der Waals surface area contributed by atoms with Gasteiger partial charge in [-0.15, -0.1) is 0 Å². The molecule has 2 unspecified atom stereocenters. The molecular formula is C31H43N5O2S. The summed E-state index contributed by atoms with van der Waals surface area (Å²) in [6.45, 7) is 9.05. The van der Waals surface area contributed by atoms with Gasteiger partial charge in [-0.05, 0) is 60.8 Å². The van der Waals surface area contributed by atoms with Crippen LogP contribution in [0, 0.1) is 5.92 Å². The summed E-state index contributed by atoms with van der Waals surface area (Å²) in [5, 5.41) is 8.00. The number of anilines is 1. The van der Waals surface area contributed by atoms with Crippen molar-refractivity contribution in [2.24, 2.45) is 5.92 Å². The Morgan fingerprint density at radius 3 is 2.36 bits per heavy atom. The van der Waals surface area contributed by atoms with E-state index in [1.165, 1.54) is 5.56 Å². The van der Waals surface area contributed by atoms with Gasteiger partial charge in [-0.1, -0.05) is 50.6 Å². The van der Waals surface area contributed by atoms with Crippen LogP contribution >= 0.6 is 12.2 Å². The Labute approximate surface area is 238 Å². The molecule has 0 bridgehead atoms. The standard InChI is InChI=1S/C31H43N5O2S/c1-4-23(2)28-29(37)36(26-14-18-34(19-15-26)22-24-8-6-5-7-9-24)31(33-28)16-20-35(21-17-31)30(39)32-25-10-12-27(38-3)13-11-25/h5-13,23,26,28,33H,4,14-22H2,1-3H3,(H,32,39). The topological polar surface area (TPSA) is 60.1 Å². The Hall–Kier alpha value is -2.68. The minimum Gasteiger partial charge on any atom is -0.497 e. The van der Waals surface area contributed by atoms with Crippen LogP contribution in [-0.4, -0.2) is 76.8 Å². The molecule has 0 saturated carbocycles. The lowest BCUT2D eigenvalue weighted by Gasteiger charge is -2.49. The number of hydrogen-bond donors (Lipinski definition) is 2. The minimum atomic E-state index is -0.288. The molecule has 3 heterocycles. The van der Waals surface area contributed by atoms with E-state index in [1.807, 2.05) is 24.3 Å². The zero-order valence-electron chi connectivity index (χ0n) is 23.6. The monoisotopic (exact) mass is 549 g/mol. The number of thiocarbonyl (C=S) groups is 1. The number of likely N-dealkylation sites (tertiary alicyclic amines) is 2. The zero-order valence-corrected chi connectivity index (χ0v) is 24.4. The molecule has 5 rings (SSSR count). The van der Waals surface area contributed by atoms with Crippen LogP contribution in [0.3, 0.4) is 0 Å². The first-order valence-electron chi connectivity index (χ1n) is 14.5. The van der Waals surface area contributed by atoms with Crippen molar-refractivity contribution in [1.82, 2.24) is 20.0 Å². The molecule has 3 saturated heterocycles. The predicted molar refractivity (Wildman–Crippen MR) is 161 cm³/mol. The maximum atomic E-state index is 13.9. The van der Waals surface area contributed by atoms with Crippen LogP contribution < -0.4 is 15.4 Å². The van der Waals surface area contributed by atoms with Crippen LogP contribution in [0.2, 0.25) is 0 Å². The maximum Gasteiger partial charge on any atom is 0.241 e. The number of nitrogens with one attached hydrogen (secondary N) is 2. The number of carbonyl (C=O) groups is 1. The summed E-state index contributed by atoms with van der Waals surface area (Å²) in [5.74, 6) is 1.44. The summed E-state index contributed by atoms with van der Waals surface area (Å²) in [5.41, 5.74) is 2.02. The average Bonchev–Trinajstić information content (AvgIpc) is 3.25. The molecule has 1 amide bonds. The second-order valence-corrected chi connectivity index (χ2v) is 11.8. The number of methoxy groups -OCH3 is 1. The lowest BCUT2D eigenvalue weighted by molar-refractivity contribution is -0.138.